The van der Waals surface area contributed by atoms with Crippen LogP contribution in [-0.2, 0) is 7.05 Å². The first-order valence-electron chi connectivity index (χ1n) is 8.68. The molecule has 0 bridgehead atoms. The van der Waals surface area contributed by atoms with Crippen LogP contribution in [0.1, 0.15) is 22.7 Å². The average molecular weight is 396 g/mol. The van der Waals surface area contributed by atoms with E-state index in [4.69, 9.17) is 23.2 Å². The fourth-order valence-corrected chi connectivity index (χ4v) is 3.71. The van der Waals surface area contributed by atoms with E-state index in [1.165, 1.54) is 16.7 Å². The molecule has 2 aromatic heterocycles. The second-order valence-corrected chi connectivity index (χ2v) is 7.56. The molecule has 0 saturated carbocycles. The first-order chi connectivity index (χ1) is 13.0. The number of hydrogen-bond donors (Lipinski definition) is 0. The fourth-order valence-electron chi connectivity index (χ4n) is 3.41. The standard InChI is InChI=1S/C22H19Cl2N3/c1-15-3-5-16(6-4-15)22(27-10-9-25-14-27)19-13-26(2)12-18(19)17-7-8-20(23)21(24)11-17/h3-14,22H,1-2H3. The minimum atomic E-state index is 0.0127. The molecule has 4 aromatic rings. The van der Waals surface area contributed by atoms with Gasteiger partial charge in [0.2, 0.25) is 0 Å². The van der Waals surface area contributed by atoms with Crippen LogP contribution in [0.15, 0.2) is 73.6 Å². The number of rotatable bonds is 4. The minimum Gasteiger partial charge on any atom is -0.356 e. The van der Waals surface area contributed by atoms with Gasteiger partial charge in [-0.3, -0.25) is 0 Å². The van der Waals surface area contributed by atoms with Gasteiger partial charge in [0.15, 0.2) is 0 Å². The van der Waals surface area contributed by atoms with Crippen molar-refractivity contribution in [3.8, 4) is 11.1 Å². The van der Waals surface area contributed by atoms with E-state index < -0.39 is 0 Å². The SMILES string of the molecule is Cc1ccc(C(c2cn(C)cc2-c2ccc(Cl)c(Cl)c2)n2ccnc2)cc1. The molecule has 0 fully saturated rings. The van der Waals surface area contributed by atoms with Gasteiger partial charge in [-0.25, -0.2) is 4.98 Å². The van der Waals surface area contributed by atoms with Crippen molar-refractivity contribution < 1.29 is 0 Å². The summed E-state index contributed by atoms with van der Waals surface area (Å²) in [5, 5.41) is 1.11. The van der Waals surface area contributed by atoms with E-state index >= 15 is 0 Å². The molecule has 2 heterocycles. The Kier molecular flexibility index (Phi) is 4.81. The predicted octanol–water partition coefficient (Wildman–Crippen LogP) is 6.14. The molecule has 1 atom stereocenters. The Morgan fingerprint density at radius 2 is 1.74 bits per heavy atom. The van der Waals surface area contributed by atoms with Crippen molar-refractivity contribution in [3.63, 3.8) is 0 Å². The Balaban J connectivity index is 1.91. The van der Waals surface area contributed by atoms with Crippen molar-refractivity contribution in [2.75, 3.05) is 0 Å². The zero-order valence-corrected chi connectivity index (χ0v) is 16.6. The number of halogens is 2. The summed E-state index contributed by atoms with van der Waals surface area (Å²) < 4.78 is 4.20. The molecule has 5 heteroatoms. The van der Waals surface area contributed by atoms with Gasteiger partial charge < -0.3 is 9.13 Å². The molecule has 0 saturated heterocycles. The lowest BCUT2D eigenvalue weighted by Crippen LogP contribution is -2.11. The van der Waals surface area contributed by atoms with Crippen molar-refractivity contribution in [2.45, 2.75) is 13.0 Å². The topological polar surface area (TPSA) is 22.8 Å². The smallest absolute Gasteiger partial charge is 0.0954 e. The highest BCUT2D eigenvalue weighted by Crippen LogP contribution is 2.37. The summed E-state index contributed by atoms with van der Waals surface area (Å²) in [6, 6.07) is 14.4. The molecule has 3 nitrogen and oxygen atoms in total. The molecular formula is C22H19Cl2N3. The zero-order chi connectivity index (χ0) is 19.0. The summed E-state index contributed by atoms with van der Waals surface area (Å²) in [5.74, 6) is 0. The van der Waals surface area contributed by atoms with Crippen LogP contribution in [-0.4, -0.2) is 14.1 Å². The quantitative estimate of drug-likeness (QED) is 0.406. The maximum Gasteiger partial charge on any atom is 0.0954 e. The molecule has 0 aliphatic carbocycles. The second kappa shape index (κ2) is 7.26. The summed E-state index contributed by atoms with van der Waals surface area (Å²) in [4.78, 5) is 4.26. The Labute approximate surface area is 168 Å². The monoisotopic (exact) mass is 395 g/mol. The average Bonchev–Trinajstić information content (AvgIpc) is 3.30. The zero-order valence-electron chi connectivity index (χ0n) is 15.1. The third-order valence-electron chi connectivity index (χ3n) is 4.73. The first-order valence-corrected chi connectivity index (χ1v) is 9.44. The molecule has 27 heavy (non-hydrogen) atoms. The maximum atomic E-state index is 6.28. The number of hydrogen-bond acceptors (Lipinski definition) is 1. The van der Waals surface area contributed by atoms with E-state index in [0.29, 0.717) is 10.0 Å². The molecule has 0 N–H and O–H groups in total. The van der Waals surface area contributed by atoms with Gasteiger partial charge in [-0.05, 0) is 30.2 Å². The highest BCUT2D eigenvalue weighted by molar-refractivity contribution is 6.42. The highest BCUT2D eigenvalue weighted by atomic mass is 35.5. The van der Waals surface area contributed by atoms with E-state index in [2.05, 4.69) is 57.7 Å². The van der Waals surface area contributed by atoms with Gasteiger partial charge in [0.1, 0.15) is 0 Å². The van der Waals surface area contributed by atoms with Crippen molar-refractivity contribution in [2.24, 2.45) is 7.05 Å². The predicted molar refractivity (Wildman–Crippen MR) is 112 cm³/mol. The molecule has 136 valence electrons. The van der Waals surface area contributed by atoms with Crippen molar-refractivity contribution in [3.05, 3.63) is 100 Å². The van der Waals surface area contributed by atoms with Gasteiger partial charge in [0.25, 0.3) is 0 Å². The van der Waals surface area contributed by atoms with Gasteiger partial charge >= 0.3 is 0 Å². The summed E-state index contributed by atoms with van der Waals surface area (Å²) in [6.45, 7) is 2.10. The molecular weight excluding hydrogens is 377 g/mol. The lowest BCUT2D eigenvalue weighted by Gasteiger charge is -2.20. The van der Waals surface area contributed by atoms with Crippen LogP contribution in [0.5, 0.6) is 0 Å². The molecule has 0 aliphatic heterocycles. The minimum absolute atomic E-state index is 0.0127. The Hall–Kier alpha value is -2.49. The third kappa shape index (κ3) is 3.53. The van der Waals surface area contributed by atoms with Gasteiger partial charge in [-0.2, -0.15) is 0 Å². The summed E-state index contributed by atoms with van der Waals surface area (Å²) >= 11 is 12.4. The molecule has 0 aliphatic rings. The normalized spacial score (nSPS) is 12.3. The lowest BCUT2D eigenvalue weighted by atomic mass is 9.94. The molecule has 1 unspecified atom stereocenters. The number of nitrogens with zero attached hydrogens (tertiary/aromatic N) is 3. The lowest BCUT2D eigenvalue weighted by molar-refractivity contribution is 0.676. The van der Waals surface area contributed by atoms with Crippen LogP contribution in [0, 0.1) is 6.92 Å². The summed E-state index contributed by atoms with van der Waals surface area (Å²) in [7, 11) is 2.03. The molecule has 0 spiro atoms. The van der Waals surface area contributed by atoms with Gasteiger partial charge in [0.05, 0.1) is 22.4 Å². The van der Waals surface area contributed by atoms with Crippen molar-refractivity contribution in [1.29, 1.82) is 0 Å². The Morgan fingerprint density at radius 3 is 2.41 bits per heavy atom. The Bertz CT molecular complexity index is 1060. The van der Waals surface area contributed by atoms with Gasteiger partial charge in [0, 0.05) is 43.0 Å². The third-order valence-corrected chi connectivity index (χ3v) is 5.47. The number of imidazole rings is 1. The van der Waals surface area contributed by atoms with Crippen LogP contribution in [0.2, 0.25) is 10.0 Å². The number of benzene rings is 2. The van der Waals surface area contributed by atoms with E-state index in [1.807, 2.05) is 44.0 Å². The van der Waals surface area contributed by atoms with Gasteiger partial charge in [-0.15, -0.1) is 0 Å². The molecule has 0 amide bonds. The number of aryl methyl sites for hydroxylation is 2. The maximum absolute atomic E-state index is 6.28. The van der Waals surface area contributed by atoms with Crippen LogP contribution in [0.3, 0.4) is 0 Å². The first kappa shape index (κ1) is 17.9. The van der Waals surface area contributed by atoms with Gasteiger partial charge in [-0.1, -0.05) is 59.1 Å². The summed E-state index contributed by atoms with van der Waals surface area (Å²) in [5.41, 5.74) is 5.78. The van der Waals surface area contributed by atoms with Crippen LogP contribution in [0.25, 0.3) is 11.1 Å². The summed E-state index contributed by atoms with van der Waals surface area (Å²) in [6.07, 6.45) is 9.94. The number of aromatic nitrogens is 3. The van der Waals surface area contributed by atoms with Crippen molar-refractivity contribution >= 4 is 23.2 Å². The van der Waals surface area contributed by atoms with Crippen LogP contribution >= 0.6 is 23.2 Å². The fraction of sp³-hybridized carbons (Fsp3) is 0.136. The molecule has 0 radical (unpaired) electrons. The van der Waals surface area contributed by atoms with E-state index in [1.54, 1.807) is 0 Å². The van der Waals surface area contributed by atoms with E-state index in [0.717, 1.165) is 11.1 Å². The molecule has 2 aromatic carbocycles. The largest absolute Gasteiger partial charge is 0.356 e. The van der Waals surface area contributed by atoms with Crippen LogP contribution < -0.4 is 0 Å². The van der Waals surface area contributed by atoms with E-state index in [-0.39, 0.29) is 6.04 Å². The van der Waals surface area contributed by atoms with E-state index in [9.17, 15) is 0 Å². The van der Waals surface area contributed by atoms with Crippen molar-refractivity contribution in [1.82, 2.24) is 14.1 Å². The highest BCUT2D eigenvalue weighted by Gasteiger charge is 2.22. The Morgan fingerprint density at radius 1 is 0.963 bits per heavy atom. The second-order valence-electron chi connectivity index (χ2n) is 6.74. The van der Waals surface area contributed by atoms with Crippen LogP contribution in [0.4, 0.5) is 0 Å². The molecule has 4 rings (SSSR count).